The number of nitrogens with two attached hydrogens (primary N) is 1. The zero-order valence-corrected chi connectivity index (χ0v) is 12.0. The van der Waals surface area contributed by atoms with Crippen LogP contribution in [0.25, 0.3) is 0 Å². The Balaban J connectivity index is 2.14. The second-order valence-electron chi connectivity index (χ2n) is 4.19. The molecular formula is C13H15N3S2. The van der Waals surface area contributed by atoms with E-state index in [1.807, 2.05) is 32.2 Å². The van der Waals surface area contributed by atoms with Gasteiger partial charge in [0.1, 0.15) is 4.99 Å². The summed E-state index contributed by atoms with van der Waals surface area (Å²) in [4.78, 5) is 7.01. The van der Waals surface area contributed by atoms with Gasteiger partial charge in [-0.1, -0.05) is 30.4 Å². The highest BCUT2D eigenvalue weighted by Gasteiger charge is 2.06. The first-order valence-electron chi connectivity index (χ1n) is 5.58. The fraction of sp³-hybridized carbons (Fsp3) is 0.231. The Labute approximate surface area is 116 Å². The number of nitrogens with zero attached hydrogens (tertiary/aromatic N) is 2. The number of aryl methyl sites for hydroxylation is 1. The van der Waals surface area contributed by atoms with Gasteiger partial charge in [0, 0.05) is 24.5 Å². The third-order valence-corrected chi connectivity index (χ3v) is 3.87. The lowest BCUT2D eigenvalue weighted by molar-refractivity contribution is 0.911. The standard InChI is InChI=1S/C13H15N3S2/c1-9-8-18-13(15-9)16(2)7-10-4-3-5-11(6-10)12(14)17/h3-6,8H,7H2,1-2H3,(H2,14,17). The maximum Gasteiger partial charge on any atom is 0.185 e. The Kier molecular flexibility index (Phi) is 3.93. The van der Waals surface area contributed by atoms with Crippen molar-refractivity contribution in [3.05, 3.63) is 46.5 Å². The van der Waals surface area contributed by atoms with Crippen molar-refractivity contribution in [1.82, 2.24) is 4.98 Å². The third kappa shape index (κ3) is 3.05. The van der Waals surface area contributed by atoms with E-state index in [9.17, 15) is 0 Å². The fourth-order valence-electron chi connectivity index (χ4n) is 1.68. The Morgan fingerprint density at radius 3 is 2.89 bits per heavy atom. The van der Waals surface area contributed by atoms with Crippen LogP contribution in [0.4, 0.5) is 5.13 Å². The number of thiazole rings is 1. The van der Waals surface area contributed by atoms with E-state index in [0.717, 1.165) is 22.9 Å². The maximum absolute atomic E-state index is 5.64. The summed E-state index contributed by atoms with van der Waals surface area (Å²) in [6, 6.07) is 8.00. The van der Waals surface area contributed by atoms with Gasteiger partial charge in [0.2, 0.25) is 0 Å². The van der Waals surface area contributed by atoms with Crippen LogP contribution in [0.15, 0.2) is 29.6 Å². The normalized spacial score (nSPS) is 10.3. The minimum atomic E-state index is 0.435. The summed E-state index contributed by atoms with van der Waals surface area (Å²) in [5.74, 6) is 0. The molecule has 0 atom stereocenters. The first-order chi connectivity index (χ1) is 8.56. The Morgan fingerprint density at radius 1 is 1.50 bits per heavy atom. The Bertz CT molecular complexity index is 563. The van der Waals surface area contributed by atoms with Gasteiger partial charge in [0.15, 0.2) is 5.13 Å². The summed E-state index contributed by atoms with van der Waals surface area (Å²) in [6.45, 7) is 2.80. The second kappa shape index (κ2) is 5.46. The summed E-state index contributed by atoms with van der Waals surface area (Å²) in [5.41, 5.74) is 8.77. The molecule has 0 unspecified atom stereocenters. The highest BCUT2D eigenvalue weighted by molar-refractivity contribution is 7.80. The molecule has 2 rings (SSSR count). The molecule has 0 aliphatic carbocycles. The Morgan fingerprint density at radius 2 is 2.28 bits per heavy atom. The second-order valence-corrected chi connectivity index (χ2v) is 5.47. The first kappa shape index (κ1) is 13.0. The van der Waals surface area contributed by atoms with E-state index in [4.69, 9.17) is 18.0 Å². The summed E-state index contributed by atoms with van der Waals surface area (Å²) >= 11 is 6.64. The van der Waals surface area contributed by atoms with Gasteiger partial charge in [0.05, 0.1) is 5.69 Å². The highest BCUT2D eigenvalue weighted by Crippen LogP contribution is 2.20. The summed E-state index contributed by atoms with van der Waals surface area (Å²) in [6.07, 6.45) is 0. The predicted molar refractivity (Wildman–Crippen MR) is 81.3 cm³/mol. The van der Waals surface area contributed by atoms with Gasteiger partial charge >= 0.3 is 0 Å². The fourth-order valence-corrected chi connectivity index (χ4v) is 2.58. The van der Waals surface area contributed by atoms with Crippen molar-refractivity contribution in [2.24, 2.45) is 5.73 Å². The molecule has 94 valence electrons. The summed E-state index contributed by atoms with van der Waals surface area (Å²) < 4.78 is 0. The van der Waals surface area contributed by atoms with Crippen molar-refractivity contribution < 1.29 is 0 Å². The average molecular weight is 277 g/mol. The molecule has 5 heteroatoms. The number of benzene rings is 1. The molecule has 2 N–H and O–H groups in total. The summed E-state index contributed by atoms with van der Waals surface area (Å²) in [5, 5.41) is 3.07. The molecule has 0 bridgehead atoms. The van der Waals surface area contributed by atoms with Crippen LogP contribution in [0.1, 0.15) is 16.8 Å². The molecule has 0 saturated heterocycles. The molecule has 0 radical (unpaired) electrons. The van der Waals surface area contributed by atoms with E-state index in [-0.39, 0.29) is 0 Å². The van der Waals surface area contributed by atoms with Crippen LogP contribution >= 0.6 is 23.6 Å². The molecule has 0 fully saturated rings. The van der Waals surface area contributed by atoms with Gasteiger partial charge in [-0.15, -0.1) is 11.3 Å². The van der Waals surface area contributed by atoms with Crippen LogP contribution < -0.4 is 10.6 Å². The van der Waals surface area contributed by atoms with Crippen molar-refractivity contribution in [3.8, 4) is 0 Å². The highest BCUT2D eigenvalue weighted by atomic mass is 32.1. The quantitative estimate of drug-likeness (QED) is 0.873. The van der Waals surface area contributed by atoms with Crippen LogP contribution in [0.3, 0.4) is 0 Å². The van der Waals surface area contributed by atoms with E-state index in [2.05, 4.69) is 21.3 Å². The minimum absolute atomic E-state index is 0.435. The van der Waals surface area contributed by atoms with Gasteiger partial charge in [0.25, 0.3) is 0 Å². The van der Waals surface area contributed by atoms with Crippen LogP contribution in [-0.2, 0) is 6.54 Å². The molecular weight excluding hydrogens is 262 g/mol. The molecule has 1 aromatic carbocycles. The zero-order valence-electron chi connectivity index (χ0n) is 10.4. The number of hydrogen-bond acceptors (Lipinski definition) is 4. The predicted octanol–water partition coefficient (Wildman–Crippen LogP) is 2.72. The molecule has 0 amide bonds. The topological polar surface area (TPSA) is 42.1 Å². The lowest BCUT2D eigenvalue weighted by atomic mass is 10.1. The molecule has 0 spiro atoms. The van der Waals surface area contributed by atoms with Crippen molar-refractivity contribution in [3.63, 3.8) is 0 Å². The molecule has 18 heavy (non-hydrogen) atoms. The minimum Gasteiger partial charge on any atom is -0.389 e. The van der Waals surface area contributed by atoms with Gasteiger partial charge in [-0.25, -0.2) is 4.98 Å². The molecule has 0 saturated carbocycles. The molecule has 3 nitrogen and oxygen atoms in total. The average Bonchev–Trinajstić information content (AvgIpc) is 2.76. The third-order valence-electron chi connectivity index (χ3n) is 2.56. The number of anilines is 1. The lowest BCUT2D eigenvalue weighted by Crippen LogP contribution is -2.17. The monoisotopic (exact) mass is 277 g/mol. The van der Waals surface area contributed by atoms with Crippen LogP contribution in [-0.4, -0.2) is 17.0 Å². The van der Waals surface area contributed by atoms with Crippen molar-refractivity contribution in [1.29, 1.82) is 0 Å². The smallest absolute Gasteiger partial charge is 0.185 e. The zero-order chi connectivity index (χ0) is 13.1. The molecule has 0 aliphatic heterocycles. The summed E-state index contributed by atoms with van der Waals surface area (Å²) in [7, 11) is 2.03. The molecule has 1 aromatic heterocycles. The largest absolute Gasteiger partial charge is 0.389 e. The van der Waals surface area contributed by atoms with Gasteiger partial charge < -0.3 is 10.6 Å². The van der Waals surface area contributed by atoms with Gasteiger partial charge in [-0.05, 0) is 18.6 Å². The first-order valence-corrected chi connectivity index (χ1v) is 6.87. The SMILES string of the molecule is Cc1csc(N(C)Cc2cccc(C(N)=S)c2)n1. The maximum atomic E-state index is 5.64. The molecule has 1 heterocycles. The van der Waals surface area contributed by atoms with Crippen molar-refractivity contribution in [2.75, 3.05) is 11.9 Å². The number of aromatic nitrogens is 1. The number of hydrogen-bond donors (Lipinski definition) is 1. The number of thiocarbonyl (C=S) groups is 1. The van der Waals surface area contributed by atoms with E-state index >= 15 is 0 Å². The van der Waals surface area contributed by atoms with E-state index < -0.39 is 0 Å². The molecule has 0 aliphatic rings. The van der Waals surface area contributed by atoms with E-state index in [1.54, 1.807) is 11.3 Å². The van der Waals surface area contributed by atoms with Crippen molar-refractivity contribution >= 4 is 33.7 Å². The van der Waals surface area contributed by atoms with Crippen LogP contribution in [0.2, 0.25) is 0 Å². The van der Waals surface area contributed by atoms with Gasteiger partial charge in [-0.3, -0.25) is 0 Å². The van der Waals surface area contributed by atoms with Crippen LogP contribution in [0, 0.1) is 6.92 Å². The Hall–Kier alpha value is -1.46. The van der Waals surface area contributed by atoms with E-state index in [0.29, 0.717) is 4.99 Å². The van der Waals surface area contributed by atoms with Crippen molar-refractivity contribution in [2.45, 2.75) is 13.5 Å². The molecule has 2 aromatic rings. The lowest BCUT2D eigenvalue weighted by Gasteiger charge is -2.16. The number of rotatable bonds is 4. The van der Waals surface area contributed by atoms with Gasteiger partial charge in [-0.2, -0.15) is 0 Å². The van der Waals surface area contributed by atoms with Crippen LogP contribution in [0.5, 0.6) is 0 Å². The van der Waals surface area contributed by atoms with E-state index in [1.165, 1.54) is 5.56 Å².